The van der Waals surface area contributed by atoms with Gasteiger partial charge in [0.2, 0.25) is 13.4 Å². The molecule has 0 saturated carbocycles. The summed E-state index contributed by atoms with van der Waals surface area (Å²) in [6.07, 6.45) is 1.04. The fourth-order valence-electron chi connectivity index (χ4n) is 3.62. The Bertz CT molecular complexity index is 1390. The molecule has 0 radical (unpaired) electrons. The number of hydrogen-bond donors (Lipinski definition) is 4. The monoisotopic (exact) mass is 563 g/mol. The Kier molecular flexibility index (Phi) is 9.97. The van der Waals surface area contributed by atoms with Crippen LogP contribution in [0.25, 0.3) is 11.2 Å². The minimum absolute atomic E-state index is 0.0415. The molecule has 2 atom stereocenters. The lowest BCUT2D eigenvalue weighted by Gasteiger charge is -2.31. The number of nitrogens with one attached hydrogen (secondary N) is 3. The molecule has 3 rings (SSSR count). The zero-order valence-corrected chi connectivity index (χ0v) is 23.2. The number of aromatic amines is 1. The highest BCUT2D eigenvalue weighted by Crippen LogP contribution is 2.40. The lowest BCUT2D eigenvalue weighted by Crippen LogP contribution is -2.50. The van der Waals surface area contributed by atoms with Gasteiger partial charge in [-0.15, -0.1) is 0 Å². The molecular formula is C24H34N7O7P. The van der Waals surface area contributed by atoms with Crippen molar-refractivity contribution in [1.29, 1.82) is 0 Å². The van der Waals surface area contributed by atoms with Crippen LogP contribution in [0.15, 0.2) is 41.5 Å². The van der Waals surface area contributed by atoms with Crippen LogP contribution in [0.3, 0.4) is 0 Å². The number of H-pyrrole nitrogens is 1. The Morgan fingerprint density at radius 2 is 1.95 bits per heavy atom. The highest BCUT2D eigenvalue weighted by atomic mass is 31.2. The zero-order chi connectivity index (χ0) is 28.6. The maximum Gasteiger partial charge on any atom is 0.326 e. The largest absolute Gasteiger partial charge is 0.465 e. The third kappa shape index (κ3) is 8.20. The van der Waals surface area contributed by atoms with E-state index in [9.17, 15) is 18.9 Å². The Morgan fingerprint density at radius 3 is 2.64 bits per heavy atom. The van der Waals surface area contributed by atoms with Crippen molar-refractivity contribution in [3.63, 3.8) is 0 Å². The first kappa shape index (κ1) is 30.0. The van der Waals surface area contributed by atoms with E-state index in [0.717, 1.165) is 5.56 Å². The van der Waals surface area contributed by atoms with Crippen LogP contribution in [0.2, 0.25) is 0 Å². The van der Waals surface area contributed by atoms with Crippen LogP contribution < -0.4 is 21.5 Å². The Morgan fingerprint density at radius 1 is 1.23 bits per heavy atom. The Labute approximate surface area is 225 Å². The molecule has 1 aromatic carbocycles. The molecule has 2 aromatic heterocycles. The first-order chi connectivity index (χ1) is 18.4. The van der Waals surface area contributed by atoms with E-state index in [2.05, 4.69) is 25.1 Å². The summed E-state index contributed by atoms with van der Waals surface area (Å²) < 4.78 is 31.6. The van der Waals surface area contributed by atoms with Gasteiger partial charge in [-0.2, -0.15) is 4.98 Å². The van der Waals surface area contributed by atoms with Crippen LogP contribution in [0.5, 0.6) is 0 Å². The van der Waals surface area contributed by atoms with E-state index in [-0.39, 0.29) is 49.8 Å². The van der Waals surface area contributed by atoms with Crippen molar-refractivity contribution in [2.45, 2.75) is 52.4 Å². The van der Waals surface area contributed by atoms with Gasteiger partial charge in [-0.3, -0.25) is 23.9 Å². The van der Waals surface area contributed by atoms with Crippen LogP contribution >= 0.6 is 7.44 Å². The van der Waals surface area contributed by atoms with E-state index < -0.39 is 36.5 Å². The molecule has 0 aliphatic carbocycles. The number of carbonyl (C=O) groups is 2. The molecular weight excluding hydrogens is 529 g/mol. The SMILES string of the molecule is CCOC(=O)C(C)(C)NP(=O)(COCCn1cnc2c(=O)[nH]c(N)nc21)N[C@@H](C)C(=O)OCc1ccccc1. The average molecular weight is 564 g/mol. The van der Waals surface area contributed by atoms with E-state index >= 15 is 0 Å². The number of hydrogen-bond acceptors (Lipinski definition) is 10. The van der Waals surface area contributed by atoms with E-state index in [1.807, 2.05) is 30.3 Å². The number of ether oxygens (including phenoxy) is 3. The standard InChI is InChI=1S/C24H34N7O7P/c1-5-37-22(34)24(3,4)30-39(35,29-16(2)21(33)38-13-17-9-7-6-8-10-17)15-36-12-11-31-14-26-18-19(31)27-23(25)28-20(18)32/h6-10,14,16H,5,11-13,15H2,1-4H3,(H2,29,30,35)(H3,25,27,28,32)/t16-,39?/m0/s1. The third-order valence-corrected chi connectivity index (χ3v) is 7.74. The number of anilines is 1. The molecule has 0 amide bonds. The maximum atomic E-state index is 13.9. The first-order valence-corrected chi connectivity index (χ1v) is 14.2. The van der Waals surface area contributed by atoms with E-state index in [0.29, 0.717) is 0 Å². The molecule has 0 aliphatic heterocycles. The number of rotatable bonds is 14. The molecule has 3 aromatic rings. The van der Waals surface area contributed by atoms with Crippen molar-refractivity contribution in [3.8, 4) is 0 Å². The molecule has 5 N–H and O–H groups in total. The number of fused-ring (bicyclic) bond motifs is 1. The minimum atomic E-state index is -3.73. The van der Waals surface area contributed by atoms with Crippen molar-refractivity contribution in [3.05, 3.63) is 52.6 Å². The van der Waals surface area contributed by atoms with Gasteiger partial charge in [0.1, 0.15) is 24.5 Å². The molecule has 1 unspecified atom stereocenters. The first-order valence-electron chi connectivity index (χ1n) is 12.3. The van der Waals surface area contributed by atoms with Crippen LogP contribution in [0.4, 0.5) is 5.95 Å². The fourth-order valence-corrected chi connectivity index (χ4v) is 5.94. The number of esters is 2. The van der Waals surface area contributed by atoms with Crippen molar-refractivity contribution >= 4 is 36.5 Å². The fraction of sp³-hybridized carbons (Fsp3) is 0.458. The summed E-state index contributed by atoms with van der Waals surface area (Å²) in [6, 6.07) is 8.14. The number of nitrogens with zero attached hydrogens (tertiary/aromatic N) is 3. The summed E-state index contributed by atoms with van der Waals surface area (Å²) in [4.78, 5) is 47.6. The van der Waals surface area contributed by atoms with Crippen molar-refractivity contribution in [1.82, 2.24) is 29.7 Å². The van der Waals surface area contributed by atoms with Crippen LogP contribution in [-0.4, -0.2) is 62.6 Å². The third-order valence-electron chi connectivity index (χ3n) is 5.47. The van der Waals surface area contributed by atoms with E-state index in [4.69, 9.17) is 19.9 Å². The average Bonchev–Trinajstić information content (AvgIpc) is 3.28. The summed E-state index contributed by atoms with van der Waals surface area (Å²) >= 11 is 0. The molecule has 0 saturated heterocycles. The molecule has 0 spiro atoms. The number of benzene rings is 1. The summed E-state index contributed by atoms with van der Waals surface area (Å²) in [7, 11) is -3.73. The highest BCUT2D eigenvalue weighted by molar-refractivity contribution is 7.59. The second kappa shape index (κ2) is 13.0. The van der Waals surface area contributed by atoms with Gasteiger partial charge in [0, 0.05) is 6.54 Å². The summed E-state index contributed by atoms with van der Waals surface area (Å²) in [5, 5.41) is 5.56. The molecule has 14 nitrogen and oxygen atoms in total. The summed E-state index contributed by atoms with van der Waals surface area (Å²) in [5.41, 5.74) is 5.00. The van der Waals surface area contributed by atoms with Crippen molar-refractivity contribution in [2.75, 3.05) is 25.3 Å². The molecule has 212 valence electrons. The predicted molar refractivity (Wildman–Crippen MR) is 144 cm³/mol. The molecule has 0 fully saturated rings. The van der Waals surface area contributed by atoms with Crippen LogP contribution in [0.1, 0.15) is 33.3 Å². The van der Waals surface area contributed by atoms with E-state index in [1.165, 1.54) is 27.1 Å². The quantitative estimate of drug-likeness (QED) is 0.126. The summed E-state index contributed by atoms with van der Waals surface area (Å²) in [6.45, 7) is 6.64. The number of nitrogens with two attached hydrogens (primary N) is 1. The second-order valence-corrected chi connectivity index (χ2v) is 11.5. The summed E-state index contributed by atoms with van der Waals surface area (Å²) in [5.74, 6) is -1.30. The molecule has 0 aliphatic rings. The van der Waals surface area contributed by atoms with Crippen molar-refractivity contribution in [2.24, 2.45) is 0 Å². The maximum absolute atomic E-state index is 13.9. The van der Waals surface area contributed by atoms with E-state index in [1.54, 1.807) is 11.5 Å². The van der Waals surface area contributed by atoms with Gasteiger partial charge in [-0.1, -0.05) is 30.3 Å². The van der Waals surface area contributed by atoms with Crippen LogP contribution in [-0.2, 0) is 41.5 Å². The number of nitrogen functional groups attached to an aromatic ring is 1. The van der Waals surface area contributed by atoms with Gasteiger partial charge >= 0.3 is 11.9 Å². The minimum Gasteiger partial charge on any atom is -0.465 e. The Balaban J connectivity index is 1.67. The van der Waals surface area contributed by atoms with Crippen LogP contribution in [0, 0.1) is 0 Å². The lowest BCUT2D eigenvalue weighted by atomic mass is 10.1. The van der Waals surface area contributed by atoms with Gasteiger partial charge in [0.15, 0.2) is 11.2 Å². The number of imidazole rings is 1. The molecule has 15 heteroatoms. The molecule has 0 bridgehead atoms. The smallest absolute Gasteiger partial charge is 0.326 e. The predicted octanol–water partition coefficient (Wildman–Crippen LogP) is 1.52. The van der Waals surface area contributed by atoms with Gasteiger partial charge in [0.25, 0.3) is 5.56 Å². The topological polar surface area (TPSA) is 193 Å². The van der Waals surface area contributed by atoms with Gasteiger partial charge < -0.3 is 24.5 Å². The molecule has 39 heavy (non-hydrogen) atoms. The molecule has 2 heterocycles. The van der Waals surface area contributed by atoms with Gasteiger partial charge in [0.05, 0.1) is 19.5 Å². The second-order valence-electron chi connectivity index (χ2n) is 9.24. The number of aromatic nitrogens is 4. The Hall–Kier alpha value is -3.58. The highest BCUT2D eigenvalue weighted by Gasteiger charge is 2.39. The van der Waals surface area contributed by atoms with Gasteiger partial charge in [-0.25, -0.2) is 15.2 Å². The van der Waals surface area contributed by atoms with Crippen molar-refractivity contribution < 1.29 is 28.4 Å². The lowest BCUT2D eigenvalue weighted by molar-refractivity contribution is -0.149. The van der Waals surface area contributed by atoms with Gasteiger partial charge in [-0.05, 0) is 33.3 Å². The zero-order valence-electron chi connectivity index (χ0n) is 22.3. The number of carbonyl (C=O) groups excluding carboxylic acids is 2. The normalized spacial score (nSPS) is 14.1.